The average Bonchev–Trinajstić information content (AvgIpc) is 3.08. The number of hydrogen-bond acceptors (Lipinski definition) is 5. The van der Waals surface area contributed by atoms with Gasteiger partial charge in [0, 0.05) is 30.1 Å². The van der Waals surface area contributed by atoms with Crippen molar-refractivity contribution in [1.29, 1.82) is 0 Å². The lowest BCUT2D eigenvalue weighted by molar-refractivity contribution is 0.102. The third-order valence-corrected chi connectivity index (χ3v) is 5.59. The topological polar surface area (TPSA) is 71.2 Å². The van der Waals surface area contributed by atoms with Crippen LogP contribution in [0.25, 0.3) is 0 Å². The number of hydrogen-bond donors (Lipinski definition) is 2. The van der Waals surface area contributed by atoms with E-state index in [9.17, 15) is 4.79 Å². The molecule has 150 valence electrons. The largest absolute Gasteiger partial charge is 0.330 e. The van der Waals surface area contributed by atoms with Crippen LogP contribution in [0.4, 0.5) is 5.69 Å². The van der Waals surface area contributed by atoms with Gasteiger partial charge in [0.1, 0.15) is 5.69 Å². The molecular formula is C19H28Cl2N4OS. The summed E-state index contributed by atoms with van der Waals surface area (Å²) in [6.07, 6.45) is 4.63. The SMILES string of the molecule is CC1CCCCN1Cc1ccc(NC(=O)c2csc(CCN)n2)cc1.Cl.Cl. The maximum absolute atomic E-state index is 12.3. The van der Waals surface area contributed by atoms with Crippen molar-refractivity contribution in [3.8, 4) is 0 Å². The van der Waals surface area contributed by atoms with E-state index in [2.05, 4.69) is 34.3 Å². The van der Waals surface area contributed by atoms with Crippen LogP contribution in [-0.4, -0.2) is 34.9 Å². The number of anilines is 1. The minimum atomic E-state index is -0.170. The number of aromatic nitrogens is 1. The maximum atomic E-state index is 12.3. The zero-order valence-electron chi connectivity index (χ0n) is 15.5. The average molecular weight is 431 g/mol. The van der Waals surface area contributed by atoms with Crippen LogP contribution < -0.4 is 11.1 Å². The number of carbonyl (C=O) groups excluding carboxylic acids is 1. The second-order valence-corrected chi connectivity index (χ2v) is 7.57. The number of nitrogens with one attached hydrogen (secondary N) is 1. The molecule has 2 heterocycles. The first kappa shape index (κ1) is 23.9. The van der Waals surface area contributed by atoms with Gasteiger partial charge < -0.3 is 11.1 Å². The molecule has 1 saturated heterocycles. The Morgan fingerprint density at radius 2 is 2.04 bits per heavy atom. The van der Waals surface area contributed by atoms with Gasteiger partial charge in [0.05, 0.1) is 5.01 Å². The van der Waals surface area contributed by atoms with E-state index in [0.717, 1.165) is 17.2 Å². The number of piperidine rings is 1. The number of benzene rings is 1. The maximum Gasteiger partial charge on any atom is 0.275 e. The molecule has 1 amide bonds. The highest BCUT2D eigenvalue weighted by Crippen LogP contribution is 2.20. The number of carbonyl (C=O) groups is 1. The zero-order chi connectivity index (χ0) is 17.6. The van der Waals surface area contributed by atoms with Crippen LogP contribution in [0.2, 0.25) is 0 Å². The van der Waals surface area contributed by atoms with Crippen molar-refractivity contribution in [2.75, 3.05) is 18.4 Å². The summed E-state index contributed by atoms with van der Waals surface area (Å²) in [6, 6.07) is 8.78. The van der Waals surface area contributed by atoms with Crippen LogP contribution >= 0.6 is 36.2 Å². The molecule has 3 N–H and O–H groups in total. The minimum absolute atomic E-state index is 0. The Hall–Kier alpha value is -1.18. The van der Waals surface area contributed by atoms with Gasteiger partial charge in [0.25, 0.3) is 5.91 Å². The van der Waals surface area contributed by atoms with E-state index in [1.807, 2.05) is 12.1 Å². The van der Waals surface area contributed by atoms with Crippen LogP contribution in [0.3, 0.4) is 0 Å². The van der Waals surface area contributed by atoms with Gasteiger partial charge in [-0.1, -0.05) is 18.6 Å². The fourth-order valence-corrected chi connectivity index (χ4v) is 3.96. The van der Waals surface area contributed by atoms with Crippen molar-refractivity contribution in [3.63, 3.8) is 0 Å². The minimum Gasteiger partial charge on any atom is -0.330 e. The summed E-state index contributed by atoms with van der Waals surface area (Å²) in [6.45, 7) is 5.00. The summed E-state index contributed by atoms with van der Waals surface area (Å²) in [7, 11) is 0. The van der Waals surface area contributed by atoms with Gasteiger partial charge in [0.2, 0.25) is 0 Å². The molecule has 1 aromatic heterocycles. The van der Waals surface area contributed by atoms with E-state index in [0.29, 0.717) is 24.7 Å². The Bertz CT molecular complexity index is 708. The van der Waals surface area contributed by atoms with Gasteiger partial charge in [-0.25, -0.2) is 4.98 Å². The molecular weight excluding hydrogens is 403 g/mol. The van der Waals surface area contributed by atoms with Crippen molar-refractivity contribution in [2.24, 2.45) is 5.73 Å². The molecule has 1 atom stereocenters. The quantitative estimate of drug-likeness (QED) is 0.722. The number of amides is 1. The lowest BCUT2D eigenvalue weighted by atomic mass is 10.0. The van der Waals surface area contributed by atoms with Gasteiger partial charge in [-0.3, -0.25) is 9.69 Å². The van der Waals surface area contributed by atoms with E-state index < -0.39 is 0 Å². The molecule has 5 nitrogen and oxygen atoms in total. The van der Waals surface area contributed by atoms with Gasteiger partial charge in [-0.15, -0.1) is 36.2 Å². The molecule has 0 bridgehead atoms. The molecule has 1 aliphatic rings. The van der Waals surface area contributed by atoms with E-state index in [1.54, 1.807) is 5.38 Å². The normalized spacial score (nSPS) is 16.9. The fraction of sp³-hybridized carbons (Fsp3) is 0.474. The van der Waals surface area contributed by atoms with E-state index >= 15 is 0 Å². The first-order valence-electron chi connectivity index (χ1n) is 8.94. The van der Waals surface area contributed by atoms with Crippen molar-refractivity contribution in [2.45, 2.75) is 45.2 Å². The first-order valence-corrected chi connectivity index (χ1v) is 9.82. The second-order valence-electron chi connectivity index (χ2n) is 6.63. The highest BCUT2D eigenvalue weighted by Gasteiger charge is 2.18. The third kappa shape index (κ3) is 6.73. The molecule has 0 spiro atoms. The van der Waals surface area contributed by atoms with Crippen molar-refractivity contribution >= 4 is 47.7 Å². The summed E-state index contributed by atoms with van der Waals surface area (Å²) in [5, 5.41) is 5.60. The summed E-state index contributed by atoms with van der Waals surface area (Å²) in [5.41, 5.74) is 8.06. The third-order valence-electron chi connectivity index (χ3n) is 4.68. The smallest absolute Gasteiger partial charge is 0.275 e. The molecule has 0 aliphatic carbocycles. The van der Waals surface area contributed by atoms with Gasteiger partial charge >= 0.3 is 0 Å². The molecule has 1 aliphatic heterocycles. The van der Waals surface area contributed by atoms with E-state index in [4.69, 9.17) is 5.73 Å². The predicted molar refractivity (Wildman–Crippen MR) is 117 cm³/mol. The Morgan fingerprint density at radius 3 is 2.70 bits per heavy atom. The molecule has 3 rings (SSSR count). The summed E-state index contributed by atoms with van der Waals surface area (Å²) < 4.78 is 0. The summed E-state index contributed by atoms with van der Waals surface area (Å²) >= 11 is 1.48. The standard InChI is InChI=1S/C19H26N4OS.2ClH/c1-14-4-2-3-11-23(14)12-15-5-7-16(8-6-15)21-19(24)17-13-25-18(22-17)9-10-20;;/h5-8,13-14H,2-4,9-12,20H2,1H3,(H,21,24);2*1H. The van der Waals surface area contributed by atoms with Crippen LogP contribution in [0.15, 0.2) is 29.6 Å². The molecule has 1 unspecified atom stereocenters. The fourth-order valence-electron chi connectivity index (χ4n) is 3.17. The Kier molecular flexibility index (Phi) is 10.3. The summed E-state index contributed by atoms with van der Waals surface area (Å²) in [4.78, 5) is 19.1. The molecule has 1 fully saturated rings. The number of halogens is 2. The Morgan fingerprint density at radius 1 is 1.30 bits per heavy atom. The number of rotatable bonds is 6. The van der Waals surface area contributed by atoms with Gasteiger partial charge in [0.15, 0.2) is 0 Å². The molecule has 2 aromatic rings. The first-order chi connectivity index (χ1) is 12.2. The highest BCUT2D eigenvalue weighted by molar-refractivity contribution is 7.09. The molecule has 1 aromatic carbocycles. The second kappa shape index (κ2) is 11.6. The van der Waals surface area contributed by atoms with Crippen LogP contribution in [0.1, 0.15) is 47.2 Å². The lowest BCUT2D eigenvalue weighted by Crippen LogP contribution is -2.36. The molecule has 0 saturated carbocycles. The number of thiazole rings is 1. The molecule has 8 heteroatoms. The highest BCUT2D eigenvalue weighted by atomic mass is 35.5. The van der Waals surface area contributed by atoms with Crippen molar-refractivity contribution in [1.82, 2.24) is 9.88 Å². The monoisotopic (exact) mass is 430 g/mol. The Labute approximate surface area is 177 Å². The van der Waals surface area contributed by atoms with Crippen LogP contribution in [0, 0.1) is 0 Å². The zero-order valence-corrected chi connectivity index (χ0v) is 18.0. The van der Waals surface area contributed by atoms with Gasteiger partial charge in [-0.2, -0.15) is 0 Å². The number of nitrogens with two attached hydrogens (primary N) is 1. The number of likely N-dealkylation sites (tertiary alicyclic amines) is 1. The molecule has 0 radical (unpaired) electrons. The van der Waals surface area contributed by atoms with E-state index in [-0.39, 0.29) is 30.7 Å². The Balaban J connectivity index is 0.00000182. The van der Waals surface area contributed by atoms with Gasteiger partial charge in [-0.05, 0) is 50.6 Å². The van der Waals surface area contributed by atoms with Crippen molar-refractivity contribution < 1.29 is 4.79 Å². The van der Waals surface area contributed by atoms with E-state index in [1.165, 1.54) is 42.7 Å². The number of nitrogens with zero attached hydrogens (tertiary/aromatic N) is 2. The van der Waals surface area contributed by atoms with Crippen LogP contribution in [0.5, 0.6) is 0 Å². The van der Waals surface area contributed by atoms with Crippen molar-refractivity contribution in [3.05, 3.63) is 45.9 Å². The molecule has 27 heavy (non-hydrogen) atoms. The van der Waals surface area contributed by atoms with Crippen LogP contribution in [-0.2, 0) is 13.0 Å². The lowest BCUT2D eigenvalue weighted by Gasteiger charge is -2.33. The summed E-state index contributed by atoms with van der Waals surface area (Å²) in [5.74, 6) is -0.170. The predicted octanol–water partition coefficient (Wildman–Crippen LogP) is 4.11.